The Morgan fingerprint density at radius 1 is 1.10 bits per heavy atom. The third-order valence-corrected chi connectivity index (χ3v) is 4.42. The second-order valence-electron chi connectivity index (χ2n) is 6.10. The van der Waals surface area contributed by atoms with Crippen LogP contribution in [0, 0.1) is 11.3 Å². The average molecular weight is 281 g/mol. The molecule has 2 aliphatic carbocycles. The van der Waals surface area contributed by atoms with Gasteiger partial charge in [0.1, 0.15) is 5.54 Å². The molecule has 114 valence electrons. The lowest BCUT2D eigenvalue weighted by atomic mass is 9.83. The van der Waals surface area contributed by atoms with Crippen LogP contribution in [0.1, 0.15) is 64.2 Å². The second kappa shape index (κ2) is 8.23. The number of carbonyl (C=O) groups is 1. The molecular weight excluding hydrogens is 254 g/mol. The first-order chi connectivity index (χ1) is 9.60. The maximum absolute atomic E-state index is 10.2. The van der Waals surface area contributed by atoms with Crippen molar-refractivity contribution in [2.24, 2.45) is 5.73 Å². The number of nitrogens with one attached hydrogen (secondary N) is 1. The van der Waals surface area contributed by atoms with Crippen molar-refractivity contribution in [3.8, 4) is 6.07 Å². The molecule has 5 heteroatoms. The molecule has 2 fully saturated rings. The van der Waals surface area contributed by atoms with Crippen molar-refractivity contribution in [1.29, 1.82) is 5.26 Å². The van der Waals surface area contributed by atoms with Crippen LogP contribution >= 0.6 is 0 Å². The zero-order valence-corrected chi connectivity index (χ0v) is 12.2. The molecule has 4 N–H and O–H groups in total. The Bertz CT molecular complexity index is 327. The Hall–Kier alpha value is -1.12. The first kappa shape index (κ1) is 16.9. The Morgan fingerprint density at radius 2 is 1.60 bits per heavy atom. The van der Waals surface area contributed by atoms with E-state index in [2.05, 4.69) is 11.4 Å². The number of nitrogens with two attached hydrogens (primary N) is 1. The standard InChI is InChI=1S/C8H12N2O.C7H15NO/c9-6-8(10-7-11)4-2-1-3-5-8;8-7(6-9)4-2-1-3-5-7/h7H,1-5H2,(H,10,11);9H,1-6,8H2. The quantitative estimate of drug-likeness (QED) is 0.684. The largest absolute Gasteiger partial charge is 0.394 e. The van der Waals surface area contributed by atoms with E-state index >= 15 is 0 Å². The van der Waals surface area contributed by atoms with E-state index < -0.39 is 5.54 Å². The number of aliphatic hydroxyl groups excluding tert-OH is 1. The van der Waals surface area contributed by atoms with E-state index in [4.69, 9.17) is 16.1 Å². The number of hydrogen-bond donors (Lipinski definition) is 3. The van der Waals surface area contributed by atoms with Crippen LogP contribution in [0.2, 0.25) is 0 Å². The van der Waals surface area contributed by atoms with Gasteiger partial charge in [-0.3, -0.25) is 4.79 Å². The Labute approximate surface area is 121 Å². The van der Waals surface area contributed by atoms with Gasteiger partial charge < -0.3 is 16.2 Å². The highest BCUT2D eigenvalue weighted by Gasteiger charge is 2.30. The summed E-state index contributed by atoms with van der Waals surface area (Å²) in [4.78, 5) is 10.2. The Kier molecular flexibility index (Phi) is 6.97. The summed E-state index contributed by atoms with van der Waals surface area (Å²) >= 11 is 0. The highest BCUT2D eigenvalue weighted by Crippen LogP contribution is 2.26. The minimum absolute atomic E-state index is 0.160. The maximum atomic E-state index is 10.2. The molecule has 5 nitrogen and oxygen atoms in total. The lowest BCUT2D eigenvalue weighted by molar-refractivity contribution is -0.111. The number of nitrogens with zero attached hydrogens (tertiary/aromatic N) is 1. The van der Waals surface area contributed by atoms with Gasteiger partial charge in [-0.25, -0.2) is 0 Å². The number of carbonyl (C=O) groups excluding carboxylic acids is 1. The first-order valence-corrected chi connectivity index (χ1v) is 7.62. The summed E-state index contributed by atoms with van der Waals surface area (Å²) in [7, 11) is 0. The van der Waals surface area contributed by atoms with E-state index in [-0.39, 0.29) is 12.1 Å². The van der Waals surface area contributed by atoms with Gasteiger partial charge in [-0.15, -0.1) is 0 Å². The summed E-state index contributed by atoms with van der Waals surface area (Å²) in [5.41, 5.74) is 5.04. The van der Waals surface area contributed by atoms with Crippen LogP contribution < -0.4 is 11.1 Å². The lowest BCUT2D eigenvalue weighted by Gasteiger charge is -2.30. The van der Waals surface area contributed by atoms with E-state index in [1.165, 1.54) is 25.7 Å². The number of aliphatic hydroxyl groups is 1. The summed E-state index contributed by atoms with van der Waals surface area (Å²) in [6, 6.07) is 2.18. The molecule has 20 heavy (non-hydrogen) atoms. The van der Waals surface area contributed by atoms with Gasteiger partial charge in [0, 0.05) is 5.54 Å². The van der Waals surface area contributed by atoms with Gasteiger partial charge >= 0.3 is 0 Å². The predicted octanol–water partition coefficient (Wildman–Crippen LogP) is 1.60. The molecule has 0 bridgehead atoms. The monoisotopic (exact) mass is 281 g/mol. The van der Waals surface area contributed by atoms with Crippen molar-refractivity contribution < 1.29 is 9.90 Å². The SMILES string of the molecule is N#CC1(NC=O)CCCCC1.NC1(CO)CCCCC1. The van der Waals surface area contributed by atoms with E-state index in [9.17, 15) is 4.79 Å². The third-order valence-electron chi connectivity index (χ3n) is 4.42. The van der Waals surface area contributed by atoms with Crippen LogP contribution in [0.15, 0.2) is 0 Å². The van der Waals surface area contributed by atoms with Gasteiger partial charge in [0.2, 0.25) is 6.41 Å². The molecule has 0 aromatic carbocycles. The van der Waals surface area contributed by atoms with Gasteiger partial charge in [-0.05, 0) is 25.7 Å². The normalized spacial score (nSPS) is 23.6. The fraction of sp³-hybridized carbons (Fsp3) is 0.867. The van der Waals surface area contributed by atoms with E-state index in [0.717, 1.165) is 38.5 Å². The zero-order valence-electron chi connectivity index (χ0n) is 12.2. The number of hydrogen-bond acceptors (Lipinski definition) is 4. The fourth-order valence-electron chi connectivity index (χ4n) is 2.97. The molecule has 0 aliphatic heterocycles. The second-order valence-corrected chi connectivity index (χ2v) is 6.10. The van der Waals surface area contributed by atoms with Gasteiger partial charge in [-0.2, -0.15) is 5.26 Å². The van der Waals surface area contributed by atoms with Crippen LogP contribution in [0.4, 0.5) is 0 Å². The van der Waals surface area contributed by atoms with Crippen molar-refractivity contribution >= 4 is 6.41 Å². The molecule has 0 aromatic heterocycles. The van der Waals surface area contributed by atoms with Crippen LogP contribution in [0.5, 0.6) is 0 Å². The highest BCUT2D eigenvalue weighted by atomic mass is 16.3. The molecule has 1 amide bonds. The minimum atomic E-state index is -0.542. The molecule has 0 aromatic rings. The van der Waals surface area contributed by atoms with Crippen molar-refractivity contribution in [1.82, 2.24) is 5.32 Å². The van der Waals surface area contributed by atoms with Crippen LogP contribution in [0.3, 0.4) is 0 Å². The number of rotatable bonds is 3. The zero-order chi connectivity index (χ0) is 14.9. The molecule has 2 aliphatic rings. The summed E-state index contributed by atoms with van der Waals surface area (Å²) in [5.74, 6) is 0. The van der Waals surface area contributed by atoms with Gasteiger partial charge in [0.25, 0.3) is 0 Å². The van der Waals surface area contributed by atoms with Crippen LogP contribution in [-0.4, -0.2) is 29.2 Å². The lowest BCUT2D eigenvalue weighted by Crippen LogP contribution is -2.45. The van der Waals surface area contributed by atoms with E-state index in [1.807, 2.05) is 0 Å². The first-order valence-electron chi connectivity index (χ1n) is 7.62. The van der Waals surface area contributed by atoms with Crippen molar-refractivity contribution in [2.45, 2.75) is 75.3 Å². The smallest absolute Gasteiger partial charge is 0.208 e. The molecule has 0 heterocycles. The topological polar surface area (TPSA) is 99.1 Å². The Balaban J connectivity index is 0.000000204. The fourth-order valence-corrected chi connectivity index (χ4v) is 2.97. The summed E-state index contributed by atoms with van der Waals surface area (Å²) in [6.45, 7) is 0.160. The van der Waals surface area contributed by atoms with Crippen molar-refractivity contribution in [3.63, 3.8) is 0 Å². The summed E-state index contributed by atoms with van der Waals surface area (Å²) in [6.07, 6.45) is 11.2. The molecule has 0 spiro atoms. The Morgan fingerprint density at radius 3 is 1.95 bits per heavy atom. The molecule has 0 unspecified atom stereocenters. The van der Waals surface area contributed by atoms with Crippen LogP contribution in [0.25, 0.3) is 0 Å². The van der Waals surface area contributed by atoms with Crippen LogP contribution in [-0.2, 0) is 4.79 Å². The summed E-state index contributed by atoms with van der Waals surface area (Å²) < 4.78 is 0. The van der Waals surface area contributed by atoms with E-state index in [1.54, 1.807) is 0 Å². The average Bonchev–Trinajstić information content (AvgIpc) is 2.50. The predicted molar refractivity (Wildman–Crippen MR) is 77.7 cm³/mol. The van der Waals surface area contributed by atoms with E-state index in [0.29, 0.717) is 6.41 Å². The molecule has 0 atom stereocenters. The molecular formula is C15H27N3O2. The van der Waals surface area contributed by atoms with Crippen molar-refractivity contribution in [3.05, 3.63) is 0 Å². The van der Waals surface area contributed by atoms with Gasteiger partial charge in [0.15, 0.2) is 0 Å². The third kappa shape index (κ3) is 5.10. The van der Waals surface area contributed by atoms with Gasteiger partial charge in [0.05, 0.1) is 12.7 Å². The molecule has 0 saturated heterocycles. The number of nitriles is 1. The molecule has 0 radical (unpaired) electrons. The molecule has 2 rings (SSSR count). The summed E-state index contributed by atoms with van der Waals surface area (Å²) in [5, 5.41) is 20.2. The maximum Gasteiger partial charge on any atom is 0.208 e. The van der Waals surface area contributed by atoms with Gasteiger partial charge in [-0.1, -0.05) is 38.5 Å². The number of amides is 1. The highest BCUT2D eigenvalue weighted by molar-refractivity contribution is 5.49. The van der Waals surface area contributed by atoms with Crippen molar-refractivity contribution in [2.75, 3.05) is 6.61 Å². The minimum Gasteiger partial charge on any atom is -0.394 e. The molecule has 2 saturated carbocycles.